The summed E-state index contributed by atoms with van der Waals surface area (Å²) >= 11 is 0. The molecule has 29 heavy (non-hydrogen) atoms. The Bertz CT molecular complexity index is 903. The molecule has 1 N–H and O–H groups in total. The quantitative estimate of drug-likeness (QED) is 0.631. The Labute approximate surface area is 176 Å². The summed E-state index contributed by atoms with van der Waals surface area (Å²) in [4.78, 5) is 2.80. The summed E-state index contributed by atoms with van der Waals surface area (Å²) in [6.07, 6.45) is 3.36. The molecular weight excluding hydrogens is 380 g/mol. The van der Waals surface area contributed by atoms with E-state index in [9.17, 15) is 8.42 Å². The van der Waals surface area contributed by atoms with E-state index in [2.05, 4.69) is 49.4 Å². The Kier molecular flexibility index (Phi) is 6.69. The van der Waals surface area contributed by atoms with E-state index < -0.39 is 10.0 Å². The first-order chi connectivity index (χ1) is 13.7. The van der Waals surface area contributed by atoms with Gasteiger partial charge in [-0.3, -0.25) is 4.72 Å². The Hall–Kier alpha value is -1.85. The van der Waals surface area contributed by atoms with Crippen molar-refractivity contribution < 1.29 is 8.42 Å². The zero-order chi connectivity index (χ0) is 21.1. The highest BCUT2D eigenvalue weighted by molar-refractivity contribution is 7.92. The van der Waals surface area contributed by atoms with Crippen LogP contribution in [0.4, 0.5) is 5.69 Å². The molecule has 1 aliphatic heterocycles. The van der Waals surface area contributed by atoms with Crippen molar-refractivity contribution in [2.45, 2.75) is 63.2 Å². The van der Waals surface area contributed by atoms with Crippen LogP contribution < -0.4 is 4.72 Å². The highest BCUT2D eigenvalue weighted by Gasteiger charge is 2.23. The molecule has 1 fully saturated rings. The van der Waals surface area contributed by atoms with E-state index in [0.29, 0.717) is 16.5 Å². The minimum Gasteiger partial charge on any atom is -0.303 e. The third-order valence-electron chi connectivity index (χ3n) is 6.28. The van der Waals surface area contributed by atoms with E-state index in [4.69, 9.17) is 0 Å². The first-order valence-corrected chi connectivity index (χ1v) is 12.2. The van der Waals surface area contributed by atoms with E-state index in [0.717, 1.165) is 31.6 Å². The van der Waals surface area contributed by atoms with E-state index in [-0.39, 0.29) is 5.41 Å². The molecule has 3 rings (SSSR count). The SMILES string of the molecule is CCCN1CC[C@@H](c2ccc(NS(=O)(=O)c3ccc(C(C)(C)CC)cc3)cc2)C1. The summed E-state index contributed by atoms with van der Waals surface area (Å²) in [6.45, 7) is 12.1. The molecule has 2 aromatic carbocycles. The first kappa shape index (κ1) is 21.8. The van der Waals surface area contributed by atoms with Gasteiger partial charge in [0.25, 0.3) is 10.0 Å². The van der Waals surface area contributed by atoms with Crippen molar-refractivity contribution in [2.75, 3.05) is 24.4 Å². The molecule has 0 amide bonds. The van der Waals surface area contributed by atoms with Crippen LogP contribution in [-0.2, 0) is 15.4 Å². The lowest BCUT2D eigenvalue weighted by molar-refractivity contribution is 0.335. The maximum Gasteiger partial charge on any atom is 0.261 e. The van der Waals surface area contributed by atoms with Gasteiger partial charge in [-0.1, -0.05) is 52.0 Å². The summed E-state index contributed by atoms with van der Waals surface area (Å²) in [5.41, 5.74) is 3.09. The van der Waals surface area contributed by atoms with Crippen molar-refractivity contribution in [3.05, 3.63) is 59.7 Å². The van der Waals surface area contributed by atoms with Crippen LogP contribution in [0.3, 0.4) is 0 Å². The van der Waals surface area contributed by atoms with Crippen molar-refractivity contribution in [1.29, 1.82) is 0 Å². The van der Waals surface area contributed by atoms with Crippen molar-refractivity contribution in [2.24, 2.45) is 0 Å². The van der Waals surface area contributed by atoms with Gasteiger partial charge < -0.3 is 4.90 Å². The maximum atomic E-state index is 12.8. The van der Waals surface area contributed by atoms with Crippen LogP contribution >= 0.6 is 0 Å². The summed E-state index contributed by atoms with van der Waals surface area (Å²) in [6, 6.07) is 15.1. The predicted octanol–water partition coefficient (Wildman–Crippen LogP) is 5.37. The molecule has 1 atom stereocenters. The van der Waals surface area contributed by atoms with Gasteiger partial charge >= 0.3 is 0 Å². The average molecular weight is 415 g/mol. The molecule has 0 spiro atoms. The minimum absolute atomic E-state index is 0.0402. The van der Waals surface area contributed by atoms with Crippen molar-refractivity contribution in [3.8, 4) is 0 Å². The predicted molar refractivity (Wildman–Crippen MR) is 121 cm³/mol. The van der Waals surface area contributed by atoms with Crippen LogP contribution in [0.1, 0.15) is 64.0 Å². The largest absolute Gasteiger partial charge is 0.303 e. The molecule has 0 saturated carbocycles. The lowest BCUT2D eigenvalue weighted by Gasteiger charge is -2.23. The third-order valence-corrected chi connectivity index (χ3v) is 7.67. The standard InChI is InChI=1S/C24H34N2O2S/c1-5-16-26-17-15-20(18-26)19-7-11-22(12-8-19)25-29(27,28)23-13-9-21(10-14-23)24(3,4)6-2/h7-14,20,25H,5-6,15-18H2,1-4H3/t20-/m1/s1. The maximum absolute atomic E-state index is 12.8. The zero-order valence-corrected chi connectivity index (χ0v) is 18.9. The third kappa shape index (κ3) is 5.20. The Morgan fingerprint density at radius 1 is 1.03 bits per heavy atom. The molecule has 158 valence electrons. The van der Waals surface area contributed by atoms with Crippen molar-refractivity contribution in [3.63, 3.8) is 0 Å². The number of nitrogens with one attached hydrogen (secondary N) is 1. The molecule has 2 aromatic rings. The summed E-state index contributed by atoms with van der Waals surface area (Å²) in [7, 11) is -3.59. The van der Waals surface area contributed by atoms with E-state index in [1.165, 1.54) is 18.4 Å². The monoisotopic (exact) mass is 414 g/mol. The number of benzene rings is 2. The summed E-state index contributed by atoms with van der Waals surface area (Å²) < 4.78 is 28.3. The van der Waals surface area contributed by atoms with Gasteiger partial charge in [-0.2, -0.15) is 0 Å². The normalized spacial score (nSPS) is 18.1. The topological polar surface area (TPSA) is 49.4 Å². The summed E-state index contributed by atoms with van der Waals surface area (Å²) in [5, 5.41) is 0. The fraction of sp³-hybridized carbons (Fsp3) is 0.500. The molecule has 0 aliphatic carbocycles. The number of nitrogens with zero attached hydrogens (tertiary/aromatic N) is 1. The second-order valence-corrected chi connectivity index (χ2v) is 10.5. The van der Waals surface area contributed by atoms with E-state index in [1.807, 2.05) is 24.3 Å². The molecule has 1 heterocycles. The molecule has 0 radical (unpaired) electrons. The lowest BCUT2D eigenvalue weighted by Crippen LogP contribution is -2.20. The fourth-order valence-corrected chi connectivity index (χ4v) is 5.01. The highest BCUT2D eigenvalue weighted by Crippen LogP contribution is 2.30. The molecule has 1 saturated heterocycles. The van der Waals surface area contributed by atoms with E-state index in [1.54, 1.807) is 12.1 Å². The fourth-order valence-electron chi connectivity index (χ4n) is 3.95. The van der Waals surface area contributed by atoms with Gasteiger partial charge in [0.2, 0.25) is 0 Å². The molecule has 1 aliphatic rings. The van der Waals surface area contributed by atoms with Gasteiger partial charge in [0.15, 0.2) is 0 Å². The van der Waals surface area contributed by atoms with Gasteiger partial charge in [-0.05, 0) is 79.1 Å². The number of rotatable bonds is 8. The van der Waals surface area contributed by atoms with Gasteiger partial charge in [0.05, 0.1) is 4.90 Å². The number of sulfonamides is 1. The Morgan fingerprint density at radius 3 is 2.28 bits per heavy atom. The van der Waals surface area contributed by atoms with Crippen LogP contribution in [0, 0.1) is 0 Å². The van der Waals surface area contributed by atoms with Crippen molar-refractivity contribution >= 4 is 15.7 Å². The Balaban J connectivity index is 1.68. The van der Waals surface area contributed by atoms with Crippen LogP contribution in [0.15, 0.2) is 53.4 Å². The van der Waals surface area contributed by atoms with Gasteiger partial charge in [0.1, 0.15) is 0 Å². The average Bonchev–Trinajstić information content (AvgIpc) is 3.17. The van der Waals surface area contributed by atoms with Crippen LogP contribution in [0.2, 0.25) is 0 Å². The molecule has 0 aromatic heterocycles. The molecule has 0 unspecified atom stereocenters. The van der Waals surface area contributed by atoms with Crippen LogP contribution in [0.25, 0.3) is 0 Å². The van der Waals surface area contributed by atoms with Gasteiger partial charge in [0, 0.05) is 12.2 Å². The zero-order valence-electron chi connectivity index (χ0n) is 18.1. The lowest BCUT2D eigenvalue weighted by atomic mass is 9.82. The number of hydrogen-bond acceptors (Lipinski definition) is 3. The first-order valence-electron chi connectivity index (χ1n) is 10.7. The Morgan fingerprint density at radius 2 is 1.69 bits per heavy atom. The summed E-state index contributed by atoms with van der Waals surface area (Å²) in [5.74, 6) is 0.543. The molecule has 0 bridgehead atoms. The number of hydrogen-bond donors (Lipinski definition) is 1. The molecule has 5 heteroatoms. The van der Waals surface area contributed by atoms with Crippen molar-refractivity contribution in [1.82, 2.24) is 4.90 Å². The second-order valence-electron chi connectivity index (χ2n) is 8.78. The minimum atomic E-state index is -3.59. The van der Waals surface area contributed by atoms with Crippen LogP contribution in [0.5, 0.6) is 0 Å². The number of anilines is 1. The second kappa shape index (κ2) is 8.88. The van der Waals surface area contributed by atoms with E-state index >= 15 is 0 Å². The molecule has 4 nitrogen and oxygen atoms in total. The highest BCUT2D eigenvalue weighted by atomic mass is 32.2. The smallest absolute Gasteiger partial charge is 0.261 e. The van der Waals surface area contributed by atoms with Crippen LogP contribution in [-0.4, -0.2) is 33.0 Å². The van der Waals surface area contributed by atoms with Gasteiger partial charge in [-0.25, -0.2) is 8.42 Å². The van der Waals surface area contributed by atoms with Gasteiger partial charge in [-0.15, -0.1) is 0 Å². The number of likely N-dealkylation sites (tertiary alicyclic amines) is 1. The molecular formula is C24H34N2O2S.